The number of likely N-dealkylation sites (tertiary alicyclic amines) is 1. The molecule has 6 rings (SSSR count). The van der Waals surface area contributed by atoms with E-state index in [1.807, 2.05) is 36.1 Å². The minimum Gasteiger partial charge on any atom is -0.335 e. The molecule has 3 aromatic heterocycles. The Morgan fingerprint density at radius 3 is 2.51 bits per heavy atom. The molecule has 1 amide bonds. The van der Waals surface area contributed by atoms with Gasteiger partial charge in [0, 0.05) is 62.7 Å². The summed E-state index contributed by atoms with van der Waals surface area (Å²) in [4.78, 5) is 21.9. The molecule has 1 aromatic carbocycles. The molecule has 2 aliphatic rings. The zero-order valence-corrected chi connectivity index (χ0v) is 20.9. The molecule has 4 aromatic rings. The highest BCUT2D eigenvalue weighted by molar-refractivity contribution is 5.95. The number of amides is 1. The van der Waals surface area contributed by atoms with E-state index in [0.29, 0.717) is 12.5 Å². The van der Waals surface area contributed by atoms with Gasteiger partial charge in [-0.1, -0.05) is 6.07 Å². The van der Waals surface area contributed by atoms with E-state index < -0.39 is 0 Å². The number of benzene rings is 1. The molecule has 0 saturated carbocycles. The summed E-state index contributed by atoms with van der Waals surface area (Å²) in [6.45, 7) is 6.00. The predicted molar refractivity (Wildman–Crippen MR) is 135 cm³/mol. The lowest BCUT2D eigenvalue weighted by atomic mass is 9.96. The van der Waals surface area contributed by atoms with Gasteiger partial charge in [0.15, 0.2) is 0 Å². The van der Waals surface area contributed by atoms with Crippen LogP contribution in [0.4, 0.5) is 0 Å². The van der Waals surface area contributed by atoms with Crippen LogP contribution >= 0.6 is 0 Å². The maximum Gasteiger partial charge on any atom is 0.219 e. The molecule has 182 valence electrons. The number of carbonyl (C=O) groups is 1. The van der Waals surface area contributed by atoms with Crippen molar-refractivity contribution >= 4 is 16.8 Å². The van der Waals surface area contributed by atoms with Crippen LogP contribution in [0, 0.1) is 0 Å². The van der Waals surface area contributed by atoms with Gasteiger partial charge >= 0.3 is 0 Å². The third kappa shape index (κ3) is 3.74. The molecular weight excluding hydrogens is 440 g/mol. The summed E-state index contributed by atoms with van der Waals surface area (Å²) in [5.41, 5.74) is 6.20. The van der Waals surface area contributed by atoms with Gasteiger partial charge in [-0.05, 0) is 45.1 Å². The molecule has 0 atom stereocenters. The Hall–Kier alpha value is -3.46. The van der Waals surface area contributed by atoms with Gasteiger partial charge in [0.25, 0.3) is 0 Å². The lowest BCUT2D eigenvalue weighted by Crippen LogP contribution is -2.38. The Labute approximate surface area is 204 Å². The van der Waals surface area contributed by atoms with E-state index >= 15 is 0 Å². The smallest absolute Gasteiger partial charge is 0.219 e. The molecule has 0 aliphatic carbocycles. The Balaban J connectivity index is 1.48. The molecule has 0 unspecified atom stereocenters. The second kappa shape index (κ2) is 8.34. The van der Waals surface area contributed by atoms with Crippen LogP contribution in [0.5, 0.6) is 0 Å². The third-order valence-corrected chi connectivity index (χ3v) is 7.67. The molecule has 0 spiro atoms. The van der Waals surface area contributed by atoms with Crippen LogP contribution in [0.2, 0.25) is 0 Å². The van der Waals surface area contributed by atoms with Gasteiger partial charge < -0.3 is 14.4 Å². The van der Waals surface area contributed by atoms with Crippen molar-refractivity contribution in [1.82, 2.24) is 38.9 Å². The summed E-state index contributed by atoms with van der Waals surface area (Å²) in [7, 11) is 6.09. The van der Waals surface area contributed by atoms with Crippen LogP contribution in [0.15, 0.2) is 30.6 Å². The first-order valence-electron chi connectivity index (χ1n) is 12.4. The summed E-state index contributed by atoms with van der Waals surface area (Å²) in [5.74, 6) is 1.76. The SMILES string of the molecule is CC(=O)N1CCn2c(C3CCN(C)CC3)nc(-c3ccc4c(c3)c(-c3cnn(C)c3)nn4C)c2C1. The summed E-state index contributed by atoms with van der Waals surface area (Å²) < 4.78 is 6.13. The van der Waals surface area contributed by atoms with Crippen LogP contribution < -0.4 is 0 Å². The minimum absolute atomic E-state index is 0.116. The average Bonchev–Trinajstić information content (AvgIpc) is 3.54. The first-order chi connectivity index (χ1) is 16.9. The topological polar surface area (TPSA) is 77.0 Å². The second-order valence-corrected chi connectivity index (χ2v) is 10.0. The quantitative estimate of drug-likeness (QED) is 0.458. The molecule has 0 bridgehead atoms. The van der Waals surface area contributed by atoms with Gasteiger partial charge in [0.05, 0.1) is 29.6 Å². The van der Waals surface area contributed by atoms with E-state index in [0.717, 1.165) is 78.1 Å². The molecule has 35 heavy (non-hydrogen) atoms. The zero-order chi connectivity index (χ0) is 24.3. The number of aryl methyl sites for hydroxylation is 2. The van der Waals surface area contributed by atoms with Gasteiger partial charge in [-0.15, -0.1) is 0 Å². The maximum absolute atomic E-state index is 12.3. The summed E-state index contributed by atoms with van der Waals surface area (Å²) in [5, 5.41) is 10.2. The van der Waals surface area contributed by atoms with Crippen LogP contribution in [0.25, 0.3) is 33.4 Å². The van der Waals surface area contributed by atoms with Crippen LogP contribution in [-0.4, -0.2) is 71.5 Å². The van der Waals surface area contributed by atoms with Crippen LogP contribution in [-0.2, 0) is 32.0 Å². The van der Waals surface area contributed by atoms with Gasteiger partial charge in [-0.3, -0.25) is 14.2 Å². The van der Waals surface area contributed by atoms with E-state index in [9.17, 15) is 4.79 Å². The maximum atomic E-state index is 12.3. The molecule has 0 radical (unpaired) electrons. The number of piperidine rings is 1. The highest BCUT2D eigenvalue weighted by Crippen LogP contribution is 2.37. The lowest BCUT2D eigenvalue weighted by Gasteiger charge is -2.32. The number of aromatic nitrogens is 6. The standard InChI is InChI=1S/C26H32N8O/c1-17(35)33-11-12-34-23(16-33)25(28-26(34)18-7-9-30(2)10-8-18)19-5-6-22-21(13-19)24(29-32(22)4)20-14-27-31(3)15-20/h5-6,13-15,18H,7-12,16H2,1-4H3. The van der Waals surface area contributed by atoms with Crippen molar-refractivity contribution in [2.24, 2.45) is 14.1 Å². The Bertz CT molecular complexity index is 1420. The van der Waals surface area contributed by atoms with Gasteiger partial charge in [-0.2, -0.15) is 10.2 Å². The van der Waals surface area contributed by atoms with Gasteiger partial charge in [0.2, 0.25) is 5.91 Å². The third-order valence-electron chi connectivity index (χ3n) is 7.67. The monoisotopic (exact) mass is 472 g/mol. The number of hydrogen-bond acceptors (Lipinski definition) is 5. The molecule has 9 nitrogen and oxygen atoms in total. The second-order valence-electron chi connectivity index (χ2n) is 10.0. The Kier molecular flexibility index (Phi) is 5.25. The molecule has 1 fully saturated rings. The first-order valence-corrected chi connectivity index (χ1v) is 12.4. The van der Waals surface area contributed by atoms with Crippen LogP contribution in [0.3, 0.4) is 0 Å². The van der Waals surface area contributed by atoms with Crippen molar-refractivity contribution in [2.75, 3.05) is 26.7 Å². The molecule has 1 saturated heterocycles. The first kappa shape index (κ1) is 22.0. The number of imidazole rings is 1. The minimum atomic E-state index is 0.116. The largest absolute Gasteiger partial charge is 0.335 e. The summed E-state index contributed by atoms with van der Waals surface area (Å²) >= 11 is 0. The number of carbonyl (C=O) groups excluding carboxylic acids is 1. The fourth-order valence-electron chi connectivity index (χ4n) is 5.64. The van der Waals surface area contributed by atoms with Crippen molar-refractivity contribution < 1.29 is 4.79 Å². The van der Waals surface area contributed by atoms with Crippen molar-refractivity contribution in [2.45, 2.75) is 38.8 Å². The van der Waals surface area contributed by atoms with Gasteiger partial charge in [0.1, 0.15) is 11.5 Å². The van der Waals surface area contributed by atoms with Crippen molar-refractivity contribution in [3.8, 4) is 22.5 Å². The van der Waals surface area contributed by atoms with Crippen molar-refractivity contribution in [3.63, 3.8) is 0 Å². The molecular formula is C26H32N8O. The summed E-state index contributed by atoms with van der Waals surface area (Å²) in [6.07, 6.45) is 6.09. The van der Waals surface area contributed by atoms with Crippen molar-refractivity contribution in [1.29, 1.82) is 0 Å². The molecule has 5 heterocycles. The fraction of sp³-hybridized carbons (Fsp3) is 0.462. The van der Waals surface area contributed by atoms with E-state index in [-0.39, 0.29) is 5.91 Å². The van der Waals surface area contributed by atoms with E-state index in [2.05, 4.69) is 39.8 Å². The fourth-order valence-corrected chi connectivity index (χ4v) is 5.64. The zero-order valence-electron chi connectivity index (χ0n) is 20.9. The average molecular weight is 473 g/mol. The summed E-state index contributed by atoms with van der Waals surface area (Å²) in [6, 6.07) is 6.48. The van der Waals surface area contributed by atoms with E-state index in [4.69, 9.17) is 10.1 Å². The highest BCUT2D eigenvalue weighted by Gasteiger charge is 2.31. The van der Waals surface area contributed by atoms with Crippen molar-refractivity contribution in [3.05, 3.63) is 42.1 Å². The molecule has 9 heteroatoms. The number of nitrogens with zero attached hydrogens (tertiary/aromatic N) is 8. The lowest BCUT2D eigenvalue weighted by molar-refractivity contribution is -0.130. The number of rotatable bonds is 3. The molecule has 2 aliphatic heterocycles. The number of fused-ring (bicyclic) bond motifs is 2. The van der Waals surface area contributed by atoms with Gasteiger partial charge in [-0.25, -0.2) is 4.98 Å². The van der Waals surface area contributed by atoms with Crippen LogP contribution in [0.1, 0.15) is 37.2 Å². The Morgan fingerprint density at radius 2 is 1.80 bits per heavy atom. The van der Waals surface area contributed by atoms with E-state index in [1.165, 1.54) is 5.82 Å². The highest BCUT2D eigenvalue weighted by atomic mass is 16.2. The number of hydrogen-bond donors (Lipinski definition) is 0. The Morgan fingerprint density at radius 1 is 1.00 bits per heavy atom. The molecule has 0 N–H and O–H groups in total. The normalized spacial score (nSPS) is 17.3. The predicted octanol–water partition coefficient (Wildman–Crippen LogP) is 3.01. The van der Waals surface area contributed by atoms with E-state index in [1.54, 1.807) is 11.6 Å².